The number of esters is 1. The van der Waals surface area contributed by atoms with Gasteiger partial charge >= 0.3 is 5.97 Å². The van der Waals surface area contributed by atoms with Crippen LogP contribution < -0.4 is 9.47 Å². The zero-order chi connectivity index (χ0) is 31.9. The minimum absolute atomic E-state index is 0.0612. The fraction of sp³-hybridized carbons (Fsp3) is 0.321. The Hall–Kier alpha value is -4.87. The monoisotopic (exact) mass is 618 g/mol. The Morgan fingerprint density at radius 1 is 0.909 bits per heavy atom. The largest absolute Gasteiger partial charge is 0.507 e. The molecule has 11 N–H and O–H groups in total. The molecule has 44 heavy (non-hydrogen) atoms. The van der Waals surface area contributed by atoms with Gasteiger partial charge in [-0.25, -0.2) is 4.79 Å². The standard InChI is InChI=1S/C28H26O16/c29-7-17(35)25-28(40)27(39,8-41-25)20-18(44-28)6-12(30)11-5-19(42-26(38)10-3-15(33)22(37)16(34)4-10)23(43-24(11)20)9-1-13(31)21(36)14(32)2-9/h1-4,6,17,19,23,25,29-37,39-40H,5,7-8H2/t17-,19-,23-,25?,27?,28?/m1/s1. The lowest BCUT2D eigenvalue weighted by Gasteiger charge is -2.36. The maximum atomic E-state index is 13.1. The van der Waals surface area contributed by atoms with Crippen molar-refractivity contribution in [3.05, 3.63) is 52.6 Å². The van der Waals surface area contributed by atoms with Gasteiger partial charge in [0, 0.05) is 23.6 Å². The minimum atomic E-state index is -2.65. The fourth-order valence-electron chi connectivity index (χ4n) is 5.77. The first kappa shape index (κ1) is 29.2. The summed E-state index contributed by atoms with van der Waals surface area (Å²) in [5.41, 5.74) is -3.19. The Balaban J connectivity index is 1.46. The van der Waals surface area contributed by atoms with Gasteiger partial charge in [0.25, 0.3) is 5.79 Å². The molecule has 0 radical (unpaired) electrons. The molecule has 3 aromatic rings. The molecule has 234 valence electrons. The van der Waals surface area contributed by atoms with Crippen LogP contribution in [-0.4, -0.2) is 99.5 Å². The number of phenolic OH excluding ortho intramolecular Hbond substituents is 7. The Morgan fingerprint density at radius 3 is 2.09 bits per heavy atom. The van der Waals surface area contributed by atoms with Gasteiger partial charge in [0.2, 0.25) is 0 Å². The van der Waals surface area contributed by atoms with Gasteiger partial charge in [0.15, 0.2) is 52.3 Å². The van der Waals surface area contributed by atoms with E-state index in [9.17, 15) is 61.0 Å². The predicted molar refractivity (Wildman–Crippen MR) is 140 cm³/mol. The Morgan fingerprint density at radius 2 is 1.50 bits per heavy atom. The van der Waals surface area contributed by atoms with E-state index in [1.807, 2.05) is 0 Å². The number of fused-ring (bicyclic) bond motifs is 5. The number of aliphatic hydroxyl groups excluding tert-OH is 2. The van der Waals surface area contributed by atoms with Gasteiger partial charge < -0.3 is 75.1 Å². The quantitative estimate of drug-likeness (QED) is 0.128. The summed E-state index contributed by atoms with van der Waals surface area (Å²) < 4.78 is 22.7. The molecule has 3 aliphatic rings. The lowest BCUT2D eigenvalue weighted by molar-refractivity contribution is -0.252. The van der Waals surface area contributed by atoms with Crippen molar-refractivity contribution in [3.8, 4) is 51.7 Å². The summed E-state index contributed by atoms with van der Waals surface area (Å²) in [4.78, 5) is 13.1. The van der Waals surface area contributed by atoms with Gasteiger partial charge in [-0.05, 0) is 24.3 Å². The van der Waals surface area contributed by atoms with Gasteiger partial charge in [0.05, 0.1) is 24.3 Å². The van der Waals surface area contributed by atoms with Crippen molar-refractivity contribution in [2.75, 3.05) is 13.2 Å². The van der Waals surface area contributed by atoms with Crippen LogP contribution >= 0.6 is 0 Å². The summed E-state index contributed by atoms with van der Waals surface area (Å²) in [6.45, 7) is -1.52. The molecular formula is C28H26O16. The average Bonchev–Trinajstić information content (AvgIpc) is 3.35. The molecule has 0 bridgehead atoms. The number of carbonyl (C=O) groups excluding carboxylic acids is 1. The number of aliphatic hydroxyl groups is 4. The fourth-order valence-corrected chi connectivity index (χ4v) is 5.77. The lowest BCUT2D eigenvalue weighted by atomic mass is 9.82. The van der Waals surface area contributed by atoms with E-state index in [4.69, 9.17) is 18.9 Å². The van der Waals surface area contributed by atoms with Crippen molar-refractivity contribution < 1.29 is 79.9 Å². The van der Waals surface area contributed by atoms with Crippen LogP contribution in [0.3, 0.4) is 0 Å². The molecule has 6 rings (SSSR count). The molecular weight excluding hydrogens is 592 g/mol. The van der Waals surface area contributed by atoms with Crippen LogP contribution in [0, 0.1) is 0 Å². The Kier molecular flexibility index (Phi) is 6.53. The third kappa shape index (κ3) is 4.07. The highest BCUT2D eigenvalue weighted by atomic mass is 16.7. The van der Waals surface area contributed by atoms with Crippen molar-refractivity contribution in [2.45, 2.75) is 42.2 Å². The van der Waals surface area contributed by atoms with Crippen molar-refractivity contribution in [2.24, 2.45) is 0 Å². The number of ether oxygens (including phenoxy) is 4. The minimum Gasteiger partial charge on any atom is -0.507 e. The second kappa shape index (κ2) is 9.83. The highest BCUT2D eigenvalue weighted by molar-refractivity contribution is 5.91. The van der Waals surface area contributed by atoms with Gasteiger partial charge in [0.1, 0.15) is 29.5 Å². The molecule has 16 nitrogen and oxygen atoms in total. The van der Waals surface area contributed by atoms with Crippen LogP contribution in [0.4, 0.5) is 0 Å². The molecule has 0 aromatic heterocycles. The highest BCUT2D eigenvalue weighted by Crippen LogP contribution is 2.60. The van der Waals surface area contributed by atoms with E-state index in [0.29, 0.717) is 0 Å². The zero-order valence-electron chi connectivity index (χ0n) is 22.3. The van der Waals surface area contributed by atoms with Crippen molar-refractivity contribution in [1.82, 2.24) is 0 Å². The van der Waals surface area contributed by atoms with Gasteiger partial charge in [-0.3, -0.25) is 0 Å². The maximum absolute atomic E-state index is 13.1. The third-order valence-corrected chi connectivity index (χ3v) is 7.96. The SMILES string of the molecule is O=C(O[C@@H]1Cc2c(O)cc3c(c2O[C@@H]1c1cc(O)c(O)c(O)c1)C1(O)COC([C@H](O)CO)C1(O)O3)c1cc(O)c(O)c(O)c1. The van der Waals surface area contributed by atoms with Crippen molar-refractivity contribution in [3.63, 3.8) is 0 Å². The number of hydrogen-bond acceptors (Lipinski definition) is 16. The van der Waals surface area contributed by atoms with Crippen LogP contribution in [0.15, 0.2) is 30.3 Å². The first-order chi connectivity index (χ1) is 20.7. The number of hydrogen-bond donors (Lipinski definition) is 11. The molecule has 3 aromatic carbocycles. The van der Waals surface area contributed by atoms with E-state index in [0.717, 1.165) is 30.3 Å². The molecule has 0 saturated carbocycles. The summed E-state index contributed by atoms with van der Waals surface area (Å²) in [7, 11) is 0. The van der Waals surface area contributed by atoms with Crippen molar-refractivity contribution in [1.29, 1.82) is 0 Å². The second-order valence-corrected chi connectivity index (χ2v) is 10.7. The Bertz CT molecular complexity index is 1640. The number of rotatable bonds is 5. The molecule has 1 saturated heterocycles. The van der Waals surface area contributed by atoms with E-state index in [1.165, 1.54) is 0 Å². The van der Waals surface area contributed by atoms with Gasteiger partial charge in [-0.2, -0.15) is 0 Å². The van der Waals surface area contributed by atoms with Crippen LogP contribution in [0.1, 0.15) is 33.2 Å². The van der Waals surface area contributed by atoms with Crippen LogP contribution in [0.5, 0.6) is 51.7 Å². The molecule has 3 unspecified atom stereocenters. The van der Waals surface area contributed by atoms with Crippen molar-refractivity contribution >= 4 is 5.97 Å². The number of phenols is 7. The van der Waals surface area contributed by atoms with Gasteiger partial charge in [-0.15, -0.1) is 0 Å². The topological polar surface area (TPSA) is 277 Å². The lowest BCUT2D eigenvalue weighted by Crippen LogP contribution is -2.58. The molecule has 1 fully saturated rings. The molecule has 0 amide bonds. The van der Waals surface area contributed by atoms with E-state index in [-0.39, 0.29) is 34.6 Å². The summed E-state index contributed by atoms with van der Waals surface area (Å²) in [6.07, 6.45) is -6.57. The van der Waals surface area contributed by atoms with Crippen LogP contribution in [0.25, 0.3) is 0 Å². The molecule has 0 aliphatic carbocycles. The summed E-state index contributed by atoms with van der Waals surface area (Å²) in [5.74, 6) is -9.81. The normalized spacial score (nSPS) is 27.4. The highest BCUT2D eigenvalue weighted by Gasteiger charge is 2.71. The molecule has 0 spiro atoms. The Labute approximate surface area is 246 Å². The van der Waals surface area contributed by atoms with Crippen LogP contribution in [-0.2, 0) is 21.5 Å². The molecule has 3 heterocycles. The number of aromatic hydroxyl groups is 7. The third-order valence-electron chi connectivity index (χ3n) is 7.96. The van der Waals surface area contributed by atoms with E-state index >= 15 is 0 Å². The predicted octanol–water partition coefficient (Wildman–Crippen LogP) is -0.452. The molecule has 6 atom stereocenters. The number of carbonyl (C=O) groups is 1. The first-order valence-electron chi connectivity index (χ1n) is 13.0. The smallest absolute Gasteiger partial charge is 0.338 e. The second-order valence-electron chi connectivity index (χ2n) is 10.7. The van der Waals surface area contributed by atoms with Gasteiger partial charge in [-0.1, -0.05) is 0 Å². The van der Waals surface area contributed by atoms with Crippen LogP contribution in [0.2, 0.25) is 0 Å². The average molecular weight is 619 g/mol. The van der Waals surface area contributed by atoms with E-state index < -0.39 is 101 Å². The summed E-state index contributed by atoms with van der Waals surface area (Å²) >= 11 is 0. The van der Waals surface area contributed by atoms with E-state index in [1.54, 1.807) is 0 Å². The van der Waals surface area contributed by atoms with E-state index in [2.05, 4.69) is 0 Å². The molecule has 16 heteroatoms. The molecule has 3 aliphatic heterocycles. The maximum Gasteiger partial charge on any atom is 0.338 e. The summed E-state index contributed by atoms with van der Waals surface area (Å²) in [6, 6.07) is 4.65. The number of benzene rings is 3. The first-order valence-corrected chi connectivity index (χ1v) is 13.0. The zero-order valence-corrected chi connectivity index (χ0v) is 22.3. The summed E-state index contributed by atoms with van der Waals surface area (Å²) in [5, 5.41) is 113.